The number of hydrogen-bond acceptors (Lipinski definition) is 5. The van der Waals surface area contributed by atoms with Gasteiger partial charge in [-0.2, -0.15) is 0 Å². The summed E-state index contributed by atoms with van der Waals surface area (Å²) in [5, 5.41) is 10.7. The average molecular weight is 353 g/mol. The number of nitrogens with one attached hydrogen (secondary N) is 1. The maximum absolute atomic E-state index is 12.5. The van der Waals surface area contributed by atoms with Crippen LogP contribution in [0.15, 0.2) is 42.6 Å². The van der Waals surface area contributed by atoms with E-state index in [4.69, 9.17) is 9.47 Å². The number of methoxy groups -OCH3 is 1. The SMILES string of the molecule is CCc1cccc2c(C(=O)COC(=O)c3ccc(OC)cc3O)c[nH]c12. The molecular weight excluding hydrogens is 334 g/mol. The molecule has 26 heavy (non-hydrogen) atoms. The van der Waals surface area contributed by atoms with Crippen molar-refractivity contribution in [3.05, 3.63) is 59.3 Å². The predicted octanol–water partition coefficient (Wildman–Crippen LogP) is 3.48. The van der Waals surface area contributed by atoms with Gasteiger partial charge in [0, 0.05) is 28.7 Å². The highest BCUT2D eigenvalue weighted by Gasteiger charge is 2.18. The first-order valence-electron chi connectivity index (χ1n) is 8.21. The fraction of sp³-hybridized carbons (Fsp3) is 0.200. The van der Waals surface area contributed by atoms with Crippen LogP contribution in [0, 0.1) is 0 Å². The minimum absolute atomic E-state index is 0.0224. The lowest BCUT2D eigenvalue weighted by molar-refractivity contribution is 0.0472. The van der Waals surface area contributed by atoms with Crippen molar-refractivity contribution in [1.82, 2.24) is 4.98 Å². The molecule has 0 fully saturated rings. The van der Waals surface area contributed by atoms with Gasteiger partial charge in [-0.15, -0.1) is 0 Å². The van der Waals surface area contributed by atoms with Gasteiger partial charge < -0.3 is 19.6 Å². The van der Waals surface area contributed by atoms with Crippen molar-refractivity contribution in [3.63, 3.8) is 0 Å². The first kappa shape index (κ1) is 17.5. The lowest BCUT2D eigenvalue weighted by atomic mass is 10.1. The highest BCUT2D eigenvalue weighted by atomic mass is 16.5. The Morgan fingerprint density at radius 1 is 1.15 bits per heavy atom. The number of aromatic amines is 1. The number of ether oxygens (including phenoxy) is 2. The molecule has 0 aliphatic carbocycles. The molecule has 0 aliphatic rings. The molecule has 0 amide bonds. The molecule has 3 aromatic rings. The van der Waals surface area contributed by atoms with Crippen LogP contribution in [-0.2, 0) is 11.2 Å². The number of esters is 1. The molecule has 1 heterocycles. The first-order valence-corrected chi connectivity index (χ1v) is 8.21. The van der Waals surface area contributed by atoms with Gasteiger partial charge in [-0.25, -0.2) is 4.79 Å². The zero-order valence-corrected chi connectivity index (χ0v) is 14.5. The fourth-order valence-corrected chi connectivity index (χ4v) is 2.84. The van der Waals surface area contributed by atoms with Crippen molar-refractivity contribution in [2.45, 2.75) is 13.3 Å². The molecule has 0 radical (unpaired) electrons. The number of phenolic OH excluding ortho intramolecular Hbond substituents is 1. The van der Waals surface area contributed by atoms with E-state index in [-0.39, 0.29) is 17.1 Å². The van der Waals surface area contributed by atoms with E-state index in [1.54, 1.807) is 6.20 Å². The largest absolute Gasteiger partial charge is 0.507 e. The van der Waals surface area contributed by atoms with Crippen LogP contribution in [0.3, 0.4) is 0 Å². The summed E-state index contributed by atoms with van der Waals surface area (Å²) in [5.74, 6) is -0.930. The van der Waals surface area contributed by atoms with Crippen molar-refractivity contribution in [1.29, 1.82) is 0 Å². The summed E-state index contributed by atoms with van der Waals surface area (Å²) in [7, 11) is 1.45. The van der Waals surface area contributed by atoms with Crippen molar-refractivity contribution in [2.24, 2.45) is 0 Å². The van der Waals surface area contributed by atoms with Crippen LogP contribution >= 0.6 is 0 Å². The van der Waals surface area contributed by atoms with Gasteiger partial charge in [-0.05, 0) is 24.1 Å². The summed E-state index contributed by atoms with van der Waals surface area (Å²) in [6, 6.07) is 9.98. The molecular formula is C20H19NO5. The van der Waals surface area contributed by atoms with Gasteiger partial charge >= 0.3 is 5.97 Å². The topological polar surface area (TPSA) is 88.6 Å². The van der Waals surface area contributed by atoms with Crippen molar-refractivity contribution >= 4 is 22.7 Å². The Kier molecular flexibility index (Phi) is 4.93. The van der Waals surface area contributed by atoms with E-state index in [0.717, 1.165) is 22.9 Å². The molecule has 0 unspecified atom stereocenters. The second-order valence-electron chi connectivity index (χ2n) is 5.78. The fourth-order valence-electron chi connectivity index (χ4n) is 2.84. The van der Waals surface area contributed by atoms with Gasteiger partial charge in [0.15, 0.2) is 6.61 Å². The summed E-state index contributed by atoms with van der Waals surface area (Å²) in [6.07, 6.45) is 2.47. The highest BCUT2D eigenvalue weighted by molar-refractivity contribution is 6.09. The molecule has 6 heteroatoms. The number of aromatic nitrogens is 1. The Hall–Kier alpha value is -3.28. The lowest BCUT2D eigenvalue weighted by Gasteiger charge is -2.07. The molecule has 0 saturated carbocycles. The zero-order valence-electron chi connectivity index (χ0n) is 14.5. The molecule has 0 aliphatic heterocycles. The van der Waals surface area contributed by atoms with Gasteiger partial charge in [0.1, 0.15) is 17.1 Å². The smallest absolute Gasteiger partial charge is 0.342 e. The summed E-state index contributed by atoms with van der Waals surface area (Å²) in [5.41, 5.74) is 2.48. The number of hydrogen-bond donors (Lipinski definition) is 2. The van der Waals surface area contributed by atoms with E-state index in [2.05, 4.69) is 4.98 Å². The van der Waals surface area contributed by atoms with Crippen molar-refractivity contribution in [2.75, 3.05) is 13.7 Å². The Bertz CT molecular complexity index is 973. The van der Waals surface area contributed by atoms with E-state index in [1.165, 1.54) is 25.3 Å². The molecule has 0 saturated heterocycles. The van der Waals surface area contributed by atoms with Crippen LogP contribution in [-0.4, -0.2) is 35.6 Å². The van der Waals surface area contributed by atoms with Gasteiger partial charge in [0.2, 0.25) is 5.78 Å². The predicted molar refractivity (Wildman–Crippen MR) is 96.9 cm³/mol. The van der Waals surface area contributed by atoms with Crippen LogP contribution in [0.2, 0.25) is 0 Å². The summed E-state index contributed by atoms with van der Waals surface area (Å²) in [6.45, 7) is 1.63. The summed E-state index contributed by atoms with van der Waals surface area (Å²) >= 11 is 0. The number of rotatable bonds is 6. The number of carbonyl (C=O) groups excluding carboxylic acids is 2. The second kappa shape index (κ2) is 7.31. The normalized spacial score (nSPS) is 10.7. The van der Waals surface area contributed by atoms with Crippen molar-refractivity contribution < 1.29 is 24.2 Å². The third kappa shape index (κ3) is 3.26. The molecule has 3 rings (SSSR count). The van der Waals surface area contributed by atoms with E-state index in [1.807, 2.05) is 25.1 Å². The Labute approximate surface area is 150 Å². The molecule has 2 aromatic carbocycles. The van der Waals surface area contributed by atoms with E-state index in [0.29, 0.717) is 11.3 Å². The summed E-state index contributed by atoms with van der Waals surface area (Å²) in [4.78, 5) is 27.7. The minimum Gasteiger partial charge on any atom is -0.507 e. The Balaban J connectivity index is 1.74. The number of phenols is 1. The number of H-pyrrole nitrogens is 1. The van der Waals surface area contributed by atoms with Gasteiger partial charge in [0.25, 0.3) is 0 Å². The number of carbonyl (C=O) groups is 2. The number of aromatic hydroxyl groups is 1. The van der Waals surface area contributed by atoms with Gasteiger partial charge in [0.05, 0.1) is 7.11 Å². The maximum atomic E-state index is 12.5. The monoisotopic (exact) mass is 353 g/mol. The molecule has 6 nitrogen and oxygen atoms in total. The van der Waals surface area contributed by atoms with E-state index in [9.17, 15) is 14.7 Å². The molecule has 2 N–H and O–H groups in total. The van der Waals surface area contributed by atoms with Gasteiger partial charge in [-0.3, -0.25) is 4.79 Å². The Morgan fingerprint density at radius 3 is 2.65 bits per heavy atom. The van der Waals surface area contributed by atoms with Gasteiger partial charge in [-0.1, -0.05) is 25.1 Å². The van der Waals surface area contributed by atoms with E-state index >= 15 is 0 Å². The van der Waals surface area contributed by atoms with Crippen LogP contribution in [0.5, 0.6) is 11.5 Å². The number of fused-ring (bicyclic) bond motifs is 1. The number of Topliss-reactive ketones (excluding diaryl/α,β-unsaturated/α-hetero) is 1. The number of ketones is 1. The third-order valence-electron chi connectivity index (χ3n) is 4.24. The maximum Gasteiger partial charge on any atom is 0.342 e. The number of benzene rings is 2. The second-order valence-corrected chi connectivity index (χ2v) is 5.78. The lowest BCUT2D eigenvalue weighted by Crippen LogP contribution is -2.14. The van der Waals surface area contributed by atoms with Crippen LogP contribution < -0.4 is 4.74 Å². The summed E-state index contributed by atoms with van der Waals surface area (Å²) < 4.78 is 10.0. The van der Waals surface area contributed by atoms with Crippen LogP contribution in [0.1, 0.15) is 33.2 Å². The molecule has 0 atom stereocenters. The standard InChI is InChI=1S/C20H19NO5/c1-3-12-5-4-6-14-16(10-21-19(12)14)18(23)11-26-20(24)15-8-7-13(25-2)9-17(15)22/h4-10,21-22H,3,11H2,1-2H3. The zero-order chi connectivity index (χ0) is 18.7. The quantitative estimate of drug-likeness (QED) is 0.523. The average Bonchev–Trinajstić information content (AvgIpc) is 3.09. The van der Waals surface area contributed by atoms with Crippen LogP contribution in [0.4, 0.5) is 0 Å². The molecule has 134 valence electrons. The highest BCUT2D eigenvalue weighted by Crippen LogP contribution is 2.25. The third-order valence-corrected chi connectivity index (χ3v) is 4.24. The minimum atomic E-state index is -0.771. The molecule has 0 spiro atoms. The van der Waals surface area contributed by atoms with Crippen LogP contribution in [0.25, 0.3) is 10.9 Å². The molecule has 1 aromatic heterocycles. The Morgan fingerprint density at radius 2 is 1.96 bits per heavy atom. The van der Waals surface area contributed by atoms with Crippen molar-refractivity contribution in [3.8, 4) is 11.5 Å². The first-order chi connectivity index (χ1) is 12.5. The number of aryl methyl sites for hydroxylation is 1. The number of para-hydroxylation sites is 1. The van der Waals surface area contributed by atoms with E-state index < -0.39 is 12.6 Å². The molecule has 0 bridgehead atoms.